The number of halogens is 6. The zero-order valence-electron chi connectivity index (χ0n) is 18.4. The first-order chi connectivity index (χ1) is 15.9. The second kappa shape index (κ2) is 9.87. The molecule has 180 valence electrons. The fourth-order valence-electron chi connectivity index (χ4n) is 3.58. The molecule has 0 aliphatic heterocycles. The molecule has 9 heteroatoms. The van der Waals surface area contributed by atoms with Gasteiger partial charge in [-0.25, -0.2) is 0 Å². The van der Waals surface area contributed by atoms with Gasteiger partial charge in [-0.3, -0.25) is 9.78 Å². The van der Waals surface area contributed by atoms with E-state index >= 15 is 0 Å². The molecule has 1 heterocycles. The Labute approximate surface area is 192 Å². The van der Waals surface area contributed by atoms with Gasteiger partial charge in [0.15, 0.2) is 5.78 Å². The number of rotatable bonds is 5. The van der Waals surface area contributed by atoms with Crippen LogP contribution in [0.1, 0.15) is 35.0 Å². The van der Waals surface area contributed by atoms with Crippen molar-refractivity contribution < 1.29 is 31.1 Å². The molecule has 0 saturated heterocycles. The van der Waals surface area contributed by atoms with E-state index in [9.17, 15) is 31.1 Å². The molecular weight excluding hydrogens is 458 g/mol. The summed E-state index contributed by atoms with van der Waals surface area (Å²) in [6, 6.07) is 6.55. The van der Waals surface area contributed by atoms with Crippen molar-refractivity contribution in [3.05, 3.63) is 88.9 Å². The maximum Gasteiger partial charge on any atom is 0.417 e. The first kappa shape index (κ1) is 25.3. The van der Waals surface area contributed by atoms with E-state index < -0.39 is 29.3 Å². The molecule has 34 heavy (non-hydrogen) atoms. The number of Topliss-reactive ketones (excluding diaryl/α,β-unsaturated/α-hetero) is 1. The minimum Gasteiger partial charge on any atom is -0.378 e. The molecule has 1 aromatic carbocycles. The average Bonchev–Trinajstić information content (AvgIpc) is 2.73. The molecule has 2 aromatic rings. The maximum atomic E-state index is 13.3. The van der Waals surface area contributed by atoms with Gasteiger partial charge < -0.3 is 5.32 Å². The molecule has 3 rings (SSSR count). The molecule has 1 aliphatic rings. The third kappa shape index (κ3) is 6.15. The van der Waals surface area contributed by atoms with E-state index in [1.54, 1.807) is 19.9 Å². The largest absolute Gasteiger partial charge is 0.417 e. The number of nitrogens with one attached hydrogen (secondary N) is 1. The van der Waals surface area contributed by atoms with Crippen molar-refractivity contribution in [1.29, 1.82) is 0 Å². The molecule has 0 saturated carbocycles. The molecule has 1 atom stereocenters. The predicted octanol–water partition coefficient (Wildman–Crippen LogP) is 6.82. The zero-order valence-corrected chi connectivity index (χ0v) is 18.4. The van der Waals surface area contributed by atoms with Crippen molar-refractivity contribution in [2.24, 2.45) is 5.92 Å². The van der Waals surface area contributed by atoms with Crippen molar-refractivity contribution in [3.8, 4) is 11.1 Å². The number of aryl methyl sites for hydroxylation is 1. The normalized spacial score (nSPS) is 16.9. The van der Waals surface area contributed by atoms with Crippen molar-refractivity contribution in [1.82, 2.24) is 10.3 Å². The van der Waals surface area contributed by atoms with Crippen LogP contribution in [0.2, 0.25) is 0 Å². The van der Waals surface area contributed by atoms with Gasteiger partial charge in [-0.15, -0.1) is 0 Å². The third-order valence-electron chi connectivity index (χ3n) is 5.28. The van der Waals surface area contributed by atoms with Crippen molar-refractivity contribution >= 4 is 5.78 Å². The van der Waals surface area contributed by atoms with E-state index in [0.717, 1.165) is 18.2 Å². The summed E-state index contributed by atoms with van der Waals surface area (Å²) in [5.41, 5.74) is -0.564. The molecule has 0 spiro atoms. The fourth-order valence-corrected chi connectivity index (χ4v) is 3.58. The number of pyridine rings is 1. The first-order valence-corrected chi connectivity index (χ1v) is 10.4. The van der Waals surface area contributed by atoms with E-state index in [4.69, 9.17) is 0 Å². The minimum atomic E-state index is -4.54. The lowest BCUT2D eigenvalue weighted by atomic mass is 9.98. The van der Waals surface area contributed by atoms with Gasteiger partial charge in [-0.05, 0) is 54.7 Å². The SMILES string of the molecule is Cc1cc(-c2ccccc2C(F)(F)F)cnc1C(=O)CNC1=CC(C)CC=C(C(F)(F)F)C=C1. The number of alkyl halides is 6. The molecule has 1 unspecified atom stereocenters. The number of carbonyl (C=O) groups excluding carboxylic acids is 1. The lowest BCUT2D eigenvalue weighted by Gasteiger charge is -2.16. The lowest BCUT2D eigenvalue weighted by molar-refractivity contribution is -0.137. The van der Waals surface area contributed by atoms with Crippen molar-refractivity contribution in [2.75, 3.05) is 6.54 Å². The molecule has 0 fully saturated rings. The summed E-state index contributed by atoms with van der Waals surface area (Å²) in [4.78, 5) is 16.8. The van der Waals surface area contributed by atoms with Gasteiger partial charge in [0.1, 0.15) is 5.69 Å². The number of ketones is 1. The van der Waals surface area contributed by atoms with Gasteiger partial charge in [-0.2, -0.15) is 26.3 Å². The summed E-state index contributed by atoms with van der Waals surface area (Å²) in [5, 5.41) is 2.83. The summed E-state index contributed by atoms with van der Waals surface area (Å²) in [7, 11) is 0. The molecule has 0 radical (unpaired) electrons. The molecule has 1 aromatic heterocycles. The molecule has 0 amide bonds. The molecule has 0 bridgehead atoms. The van der Waals surface area contributed by atoms with E-state index in [-0.39, 0.29) is 35.7 Å². The number of hydrogen-bond donors (Lipinski definition) is 1. The highest BCUT2D eigenvalue weighted by molar-refractivity contribution is 5.97. The highest BCUT2D eigenvalue weighted by atomic mass is 19.4. The Morgan fingerprint density at radius 3 is 2.44 bits per heavy atom. The van der Waals surface area contributed by atoms with Crippen LogP contribution in [0.15, 0.2) is 72.1 Å². The number of aromatic nitrogens is 1. The van der Waals surface area contributed by atoms with E-state index in [1.165, 1.54) is 36.5 Å². The number of carbonyl (C=O) groups is 1. The Bertz CT molecular complexity index is 1160. The lowest BCUT2D eigenvalue weighted by Crippen LogP contribution is -2.24. The minimum absolute atomic E-state index is 0.0463. The fraction of sp³-hybridized carbons (Fsp3) is 0.280. The van der Waals surface area contributed by atoms with Crippen LogP contribution in [0.25, 0.3) is 11.1 Å². The van der Waals surface area contributed by atoms with Crippen LogP contribution < -0.4 is 5.32 Å². The van der Waals surface area contributed by atoms with Gasteiger partial charge in [-0.1, -0.05) is 37.3 Å². The first-order valence-electron chi connectivity index (χ1n) is 10.4. The monoisotopic (exact) mass is 480 g/mol. The Morgan fingerprint density at radius 1 is 1.09 bits per heavy atom. The van der Waals surface area contributed by atoms with E-state index in [0.29, 0.717) is 11.3 Å². The Hall–Kier alpha value is -3.36. The van der Waals surface area contributed by atoms with Crippen LogP contribution in [0, 0.1) is 12.8 Å². The summed E-state index contributed by atoms with van der Waals surface area (Å²) in [5.74, 6) is -0.628. The average molecular weight is 480 g/mol. The van der Waals surface area contributed by atoms with Crippen LogP contribution in [-0.4, -0.2) is 23.5 Å². The van der Waals surface area contributed by atoms with Gasteiger partial charge in [0, 0.05) is 17.5 Å². The molecular formula is C25H22F6N2O. The van der Waals surface area contributed by atoms with Gasteiger partial charge in [0.25, 0.3) is 0 Å². The molecule has 1 N–H and O–H groups in total. The van der Waals surface area contributed by atoms with Crippen molar-refractivity contribution in [3.63, 3.8) is 0 Å². The van der Waals surface area contributed by atoms with Crippen LogP contribution in [-0.2, 0) is 6.18 Å². The van der Waals surface area contributed by atoms with Gasteiger partial charge >= 0.3 is 12.4 Å². The summed E-state index contributed by atoms with van der Waals surface area (Å²) in [6.07, 6.45) is -2.54. The van der Waals surface area contributed by atoms with E-state index in [1.807, 2.05) is 0 Å². The quantitative estimate of drug-likeness (QED) is 0.377. The van der Waals surface area contributed by atoms with Crippen molar-refractivity contribution in [2.45, 2.75) is 32.6 Å². The number of allylic oxidation sites excluding steroid dienone is 5. The predicted molar refractivity (Wildman–Crippen MR) is 117 cm³/mol. The summed E-state index contributed by atoms with van der Waals surface area (Å²) >= 11 is 0. The molecule has 1 aliphatic carbocycles. The highest BCUT2D eigenvalue weighted by Crippen LogP contribution is 2.37. The second-order valence-corrected chi connectivity index (χ2v) is 8.04. The van der Waals surface area contributed by atoms with Crippen LogP contribution in [0.5, 0.6) is 0 Å². The third-order valence-corrected chi connectivity index (χ3v) is 5.28. The maximum absolute atomic E-state index is 13.3. The summed E-state index contributed by atoms with van der Waals surface area (Å²) < 4.78 is 79.1. The van der Waals surface area contributed by atoms with E-state index in [2.05, 4.69) is 10.3 Å². The topological polar surface area (TPSA) is 42.0 Å². The van der Waals surface area contributed by atoms with Crippen LogP contribution in [0.4, 0.5) is 26.3 Å². The van der Waals surface area contributed by atoms with Gasteiger partial charge in [0.05, 0.1) is 17.7 Å². The zero-order chi connectivity index (χ0) is 25.1. The Kier molecular flexibility index (Phi) is 7.33. The smallest absolute Gasteiger partial charge is 0.378 e. The van der Waals surface area contributed by atoms with Crippen LogP contribution in [0.3, 0.4) is 0 Å². The van der Waals surface area contributed by atoms with Gasteiger partial charge in [0.2, 0.25) is 0 Å². The molecule has 3 nitrogen and oxygen atoms in total. The highest BCUT2D eigenvalue weighted by Gasteiger charge is 2.34. The summed E-state index contributed by atoms with van der Waals surface area (Å²) in [6.45, 7) is 3.09. The number of nitrogens with zero attached hydrogens (tertiary/aromatic N) is 1. The Balaban J connectivity index is 1.77. The van der Waals surface area contributed by atoms with Crippen LogP contribution >= 0.6 is 0 Å². The number of hydrogen-bond acceptors (Lipinski definition) is 3. The Morgan fingerprint density at radius 2 is 1.79 bits per heavy atom. The number of benzene rings is 1. The second-order valence-electron chi connectivity index (χ2n) is 8.04. The standard InChI is InChI=1S/C25H22F6N2O/c1-15-7-8-18(24(26,27)28)9-10-19(11-15)32-14-22(34)23-16(2)12-17(13-33-23)20-5-3-4-6-21(20)25(29,30)31/h3-6,8-13,15,32H,7,14H2,1-2H3.